The second kappa shape index (κ2) is 9.58. The fourth-order valence-electron chi connectivity index (χ4n) is 3.77. The SMILES string of the molecule is COc1ccc(S(=O)(=O)NC(=O)c2cc3c(Nc4cccc(OC)c4)ccc([N+](=O)[O-])c3n2C)cc1. The topological polar surface area (TPSA) is 142 Å². The monoisotopic (exact) mass is 510 g/mol. The van der Waals surface area contributed by atoms with E-state index in [1.165, 1.54) is 68.3 Å². The lowest BCUT2D eigenvalue weighted by molar-refractivity contribution is -0.383. The van der Waals surface area contributed by atoms with Crippen molar-refractivity contribution >= 4 is 43.9 Å². The van der Waals surface area contributed by atoms with E-state index in [0.717, 1.165) is 0 Å². The molecule has 4 aromatic rings. The maximum atomic E-state index is 13.0. The zero-order chi connectivity index (χ0) is 26.0. The largest absolute Gasteiger partial charge is 0.497 e. The Morgan fingerprint density at radius 1 is 0.972 bits per heavy atom. The van der Waals surface area contributed by atoms with E-state index in [0.29, 0.717) is 28.3 Å². The first-order valence-electron chi connectivity index (χ1n) is 10.5. The number of hydrogen-bond donors (Lipinski definition) is 2. The Hall–Kier alpha value is -4.58. The number of methoxy groups -OCH3 is 2. The molecule has 1 heterocycles. The molecule has 0 aliphatic heterocycles. The normalized spacial score (nSPS) is 11.2. The molecule has 0 aliphatic carbocycles. The number of sulfonamides is 1. The number of hydrogen-bond acceptors (Lipinski definition) is 8. The van der Waals surface area contributed by atoms with Crippen LogP contribution >= 0.6 is 0 Å². The van der Waals surface area contributed by atoms with Gasteiger partial charge < -0.3 is 19.4 Å². The molecule has 12 heteroatoms. The van der Waals surface area contributed by atoms with Crippen LogP contribution in [0.3, 0.4) is 0 Å². The minimum absolute atomic E-state index is 0.0786. The van der Waals surface area contributed by atoms with Crippen LogP contribution in [0.25, 0.3) is 10.9 Å². The molecule has 36 heavy (non-hydrogen) atoms. The van der Waals surface area contributed by atoms with Gasteiger partial charge in [0.05, 0.1) is 24.0 Å². The minimum Gasteiger partial charge on any atom is -0.497 e. The Kier molecular flexibility index (Phi) is 6.53. The van der Waals surface area contributed by atoms with Gasteiger partial charge in [-0.05, 0) is 48.5 Å². The molecule has 0 unspecified atom stereocenters. The van der Waals surface area contributed by atoms with Gasteiger partial charge >= 0.3 is 0 Å². The summed E-state index contributed by atoms with van der Waals surface area (Å²) in [5.41, 5.74) is 0.976. The van der Waals surface area contributed by atoms with Crippen molar-refractivity contribution in [2.24, 2.45) is 7.05 Å². The van der Waals surface area contributed by atoms with Gasteiger partial charge in [0.15, 0.2) is 0 Å². The summed E-state index contributed by atoms with van der Waals surface area (Å²) >= 11 is 0. The Bertz CT molecular complexity index is 1580. The van der Waals surface area contributed by atoms with Crippen molar-refractivity contribution in [2.45, 2.75) is 4.90 Å². The zero-order valence-electron chi connectivity index (χ0n) is 19.5. The van der Waals surface area contributed by atoms with Gasteiger partial charge in [0.1, 0.15) is 22.7 Å². The number of ether oxygens (including phenoxy) is 2. The molecule has 1 amide bonds. The molecule has 11 nitrogen and oxygen atoms in total. The fraction of sp³-hybridized carbons (Fsp3) is 0.125. The molecule has 1 aromatic heterocycles. The zero-order valence-corrected chi connectivity index (χ0v) is 20.3. The lowest BCUT2D eigenvalue weighted by Gasteiger charge is -2.10. The number of carbonyl (C=O) groups excluding carboxylic acids is 1. The third-order valence-corrected chi connectivity index (χ3v) is 6.90. The first-order chi connectivity index (χ1) is 17.1. The molecule has 0 radical (unpaired) electrons. The molecule has 0 spiro atoms. The van der Waals surface area contributed by atoms with Crippen LogP contribution in [0.4, 0.5) is 17.1 Å². The van der Waals surface area contributed by atoms with Crippen LogP contribution in [-0.2, 0) is 17.1 Å². The number of fused-ring (bicyclic) bond motifs is 1. The second-order valence-corrected chi connectivity index (χ2v) is 9.39. The number of nitro groups is 1. The highest BCUT2D eigenvalue weighted by molar-refractivity contribution is 7.90. The van der Waals surface area contributed by atoms with Crippen LogP contribution in [0.5, 0.6) is 11.5 Å². The lowest BCUT2D eigenvalue weighted by Crippen LogP contribution is -2.31. The van der Waals surface area contributed by atoms with E-state index >= 15 is 0 Å². The first-order valence-corrected chi connectivity index (χ1v) is 12.0. The van der Waals surface area contributed by atoms with Crippen molar-refractivity contribution in [3.05, 3.63) is 82.5 Å². The van der Waals surface area contributed by atoms with Gasteiger partial charge in [0.2, 0.25) is 0 Å². The van der Waals surface area contributed by atoms with Crippen molar-refractivity contribution in [3.8, 4) is 11.5 Å². The van der Waals surface area contributed by atoms with Crippen LogP contribution < -0.4 is 19.5 Å². The Morgan fingerprint density at radius 3 is 2.31 bits per heavy atom. The van der Waals surface area contributed by atoms with Crippen molar-refractivity contribution in [1.82, 2.24) is 9.29 Å². The number of non-ortho nitro benzene ring substituents is 1. The van der Waals surface area contributed by atoms with E-state index in [2.05, 4.69) is 5.32 Å². The average molecular weight is 511 g/mol. The number of nitro benzene ring substituents is 1. The predicted molar refractivity (Wildman–Crippen MR) is 133 cm³/mol. The van der Waals surface area contributed by atoms with Gasteiger partial charge in [-0.3, -0.25) is 14.9 Å². The van der Waals surface area contributed by atoms with Crippen molar-refractivity contribution in [2.75, 3.05) is 19.5 Å². The summed E-state index contributed by atoms with van der Waals surface area (Å²) in [6.45, 7) is 0. The number of rotatable bonds is 8. The van der Waals surface area contributed by atoms with Crippen LogP contribution in [-0.4, -0.2) is 38.0 Å². The second-order valence-electron chi connectivity index (χ2n) is 7.71. The van der Waals surface area contributed by atoms with Gasteiger partial charge in [-0.25, -0.2) is 13.1 Å². The molecule has 0 atom stereocenters. The molecule has 4 rings (SSSR count). The highest BCUT2D eigenvalue weighted by Gasteiger charge is 2.26. The standard InChI is InChI=1S/C24H22N4O7S/c1-27-22(24(29)26-36(32,33)18-9-7-16(34-2)8-10-18)14-19-20(11-12-21(23(19)27)28(30)31)25-15-5-4-6-17(13-15)35-3/h4-14,25H,1-3H3,(H,26,29). The molecular weight excluding hydrogens is 488 g/mol. The Morgan fingerprint density at radius 2 is 1.67 bits per heavy atom. The van der Waals surface area contributed by atoms with E-state index in [1.54, 1.807) is 24.3 Å². The van der Waals surface area contributed by atoms with E-state index in [4.69, 9.17) is 9.47 Å². The smallest absolute Gasteiger partial charge is 0.293 e. The summed E-state index contributed by atoms with van der Waals surface area (Å²) in [5, 5.41) is 15.3. The summed E-state index contributed by atoms with van der Waals surface area (Å²) in [6, 6.07) is 16.8. The quantitative estimate of drug-likeness (QED) is 0.268. The summed E-state index contributed by atoms with van der Waals surface area (Å²) in [7, 11) is 0.226. The van der Waals surface area contributed by atoms with Crippen LogP contribution in [0, 0.1) is 10.1 Å². The number of anilines is 2. The molecule has 0 saturated heterocycles. The number of aromatic nitrogens is 1. The van der Waals surface area contributed by atoms with E-state index in [9.17, 15) is 23.3 Å². The van der Waals surface area contributed by atoms with E-state index in [1.807, 2.05) is 4.72 Å². The number of aryl methyl sites for hydroxylation is 1. The van der Waals surface area contributed by atoms with Crippen LogP contribution in [0.2, 0.25) is 0 Å². The summed E-state index contributed by atoms with van der Waals surface area (Å²) < 4.78 is 39.1. The number of carbonyl (C=O) groups is 1. The highest BCUT2D eigenvalue weighted by atomic mass is 32.2. The van der Waals surface area contributed by atoms with Gasteiger partial charge in [-0.1, -0.05) is 6.07 Å². The molecule has 0 fully saturated rings. The third-order valence-electron chi connectivity index (χ3n) is 5.55. The molecule has 3 aromatic carbocycles. The Labute approximate surface area is 206 Å². The van der Waals surface area contributed by atoms with Crippen molar-refractivity contribution in [3.63, 3.8) is 0 Å². The fourth-order valence-corrected chi connectivity index (χ4v) is 4.73. The van der Waals surface area contributed by atoms with Gasteiger partial charge in [0.25, 0.3) is 21.6 Å². The minimum atomic E-state index is -4.21. The van der Waals surface area contributed by atoms with E-state index < -0.39 is 20.9 Å². The molecular formula is C24H22N4O7S. The molecule has 2 N–H and O–H groups in total. The van der Waals surface area contributed by atoms with Crippen molar-refractivity contribution in [1.29, 1.82) is 0 Å². The average Bonchev–Trinajstić information content (AvgIpc) is 3.22. The molecule has 0 aliphatic rings. The van der Waals surface area contributed by atoms with Crippen molar-refractivity contribution < 1.29 is 27.6 Å². The maximum absolute atomic E-state index is 13.0. The molecule has 0 bridgehead atoms. The summed E-state index contributed by atoms with van der Waals surface area (Å²) in [6.07, 6.45) is 0. The third kappa shape index (κ3) is 4.66. The number of benzene rings is 3. The van der Waals surface area contributed by atoms with Crippen LogP contribution in [0.15, 0.2) is 71.6 Å². The number of nitrogens with zero attached hydrogens (tertiary/aromatic N) is 2. The summed E-state index contributed by atoms with van der Waals surface area (Å²) in [4.78, 5) is 24.1. The first kappa shape index (κ1) is 24.5. The molecule has 0 saturated carbocycles. The maximum Gasteiger partial charge on any atom is 0.293 e. The number of nitrogens with one attached hydrogen (secondary N) is 2. The van der Waals surface area contributed by atoms with E-state index in [-0.39, 0.29) is 21.8 Å². The van der Waals surface area contributed by atoms with Gasteiger partial charge in [0, 0.05) is 35.9 Å². The van der Waals surface area contributed by atoms with Gasteiger partial charge in [-0.2, -0.15) is 0 Å². The van der Waals surface area contributed by atoms with Crippen LogP contribution in [0.1, 0.15) is 10.5 Å². The molecule has 186 valence electrons. The predicted octanol–water partition coefficient (Wildman–Crippen LogP) is 3.97. The van der Waals surface area contributed by atoms with Gasteiger partial charge in [-0.15, -0.1) is 0 Å². The highest BCUT2D eigenvalue weighted by Crippen LogP contribution is 2.36. The lowest BCUT2D eigenvalue weighted by atomic mass is 10.1. The summed E-state index contributed by atoms with van der Waals surface area (Å²) in [5.74, 6) is 0.124. The number of amides is 1. The Balaban J connectivity index is 1.75.